The van der Waals surface area contributed by atoms with Crippen LogP contribution in [0.15, 0.2) is 0 Å². The Labute approximate surface area is 101 Å². The molecule has 4 heteroatoms. The minimum atomic E-state index is 0.911. The van der Waals surface area contributed by atoms with E-state index in [1.807, 2.05) is 11.8 Å². The fourth-order valence-corrected chi connectivity index (χ4v) is 2.56. The average molecular weight is 237 g/mol. The number of nitrogens with zero attached hydrogens (tertiary/aromatic N) is 2. The lowest BCUT2D eigenvalue weighted by molar-refractivity contribution is 0.611. The van der Waals surface area contributed by atoms with Crippen LogP contribution in [-0.2, 0) is 25.1 Å². The zero-order valence-corrected chi connectivity index (χ0v) is 10.9. The van der Waals surface area contributed by atoms with E-state index in [0.29, 0.717) is 0 Å². The number of hydrogen-bond donors (Lipinski definition) is 1. The number of aryl methyl sites for hydroxylation is 1. The second kappa shape index (κ2) is 5.64. The molecule has 1 aliphatic rings. The van der Waals surface area contributed by atoms with Crippen molar-refractivity contribution in [2.24, 2.45) is 0 Å². The van der Waals surface area contributed by atoms with Gasteiger partial charge in [0.25, 0.3) is 0 Å². The van der Waals surface area contributed by atoms with Gasteiger partial charge in [0.05, 0.1) is 11.4 Å². The third-order valence-electron chi connectivity index (χ3n) is 2.84. The highest BCUT2D eigenvalue weighted by Crippen LogP contribution is 2.18. The molecule has 0 aromatic carbocycles. The maximum atomic E-state index is 4.68. The van der Waals surface area contributed by atoms with Crippen LogP contribution in [0.2, 0.25) is 0 Å². The number of nitrogens with one attached hydrogen (secondary N) is 1. The summed E-state index contributed by atoms with van der Waals surface area (Å²) in [6.07, 6.45) is 2.11. The van der Waals surface area contributed by atoms with Crippen molar-refractivity contribution in [2.75, 3.05) is 12.3 Å². The number of rotatable bonds is 4. The highest BCUT2D eigenvalue weighted by Gasteiger charge is 2.16. The highest BCUT2D eigenvalue weighted by molar-refractivity contribution is 7.98. The van der Waals surface area contributed by atoms with Crippen molar-refractivity contribution in [3.63, 3.8) is 0 Å². The summed E-state index contributed by atoms with van der Waals surface area (Å²) in [5.41, 5.74) is 3.88. The summed E-state index contributed by atoms with van der Waals surface area (Å²) >= 11 is 1.89. The first-order valence-corrected chi connectivity index (χ1v) is 7.16. The topological polar surface area (TPSA) is 37.8 Å². The lowest BCUT2D eigenvalue weighted by atomic mass is 10.0. The van der Waals surface area contributed by atoms with Gasteiger partial charge in [-0.3, -0.25) is 0 Å². The standard InChI is InChI=1S/C12H19N3S/c1-3-10-9-5-6-13-7-11(9)15-12(14-10)8-16-4-2/h13H,3-8H2,1-2H3. The molecule has 0 saturated carbocycles. The van der Waals surface area contributed by atoms with Gasteiger partial charge in [-0.05, 0) is 30.7 Å². The largest absolute Gasteiger partial charge is 0.311 e. The first-order chi connectivity index (χ1) is 7.85. The van der Waals surface area contributed by atoms with Crippen molar-refractivity contribution in [3.05, 3.63) is 22.8 Å². The molecule has 1 aromatic heterocycles. The first-order valence-electron chi connectivity index (χ1n) is 6.01. The van der Waals surface area contributed by atoms with E-state index >= 15 is 0 Å². The van der Waals surface area contributed by atoms with E-state index in [4.69, 9.17) is 0 Å². The minimum absolute atomic E-state index is 0.911. The second-order valence-corrected chi connectivity index (χ2v) is 5.20. The molecule has 0 unspecified atom stereocenters. The van der Waals surface area contributed by atoms with E-state index in [1.165, 1.54) is 17.0 Å². The summed E-state index contributed by atoms with van der Waals surface area (Å²) in [6, 6.07) is 0. The van der Waals surface area contributed by atoms with Crippen LogP contribution in [-0.4, -0.2) is 22.3 Å². The van der Waals surface area contributed by atoms with Crippen LogP contribution in [0.1, 0.15) is 36.6 Å². The van der Waals surface area contributed by atoms with Crippen LogP contribution in [0.4, 0.5) is 0 Å². The first kappa shape index (κ1) is 11.9. The third kappa shape index (κ3) is 2.55. The number of thioether (sulfide) groups is 1. The molecule has 16 heavy (non-hydrogen) atoms. The maximum Gasteiger partial charge on any atom is 0.138 e. The Morgan fingerprint density at radius 2 is 2.19 bits per heavy atom. The van der Waals surface area contributed by atoms with Crippen molar-refractivity contribution in [3.8, 4) is 0 Å². The molecule has 3 nitrogen and oxygen atoms in total. The molecule has 0 bridgehead atoms. The predicted octanol–water partition coefficient (Wildman–Crippen LogP) is 1.94. The Bertz CT molecular complexity index is 348. The molecule has 0 spiro atoms. The maximum absolute atomic E-state index is 4.68. The van der Waals surface area contributed by atoms with Gasteiger partial charge in [0, 0.05) is 12.2 Å². The molecule has 0 saturated heterocycles. The smallest absolute Gasteiger partial charge is 0.138 e. The van der Waals surface area contributed by atoms with E-state index in [9.17, 15) is 0 Å². The van der Waals surface area contributed by atoms with Crippen molar-refractivity contribution in [1.29, 1.82) is 0 Å². The van der Waals surface area contributed by atoms with Crippen LogP contribution in [0.5, 0.6) is 0 Å². The van der Waals surface area contributed by atoms with Gasteiger partial charge in [0.2, 0.25) is 0 Å². The van der Waals surface area contributed by atoms with Crippen LogP contribution in [0.3, 0.4) is 0 Å². The van der Waals surface area contributed by atoms with Crippen molar-refractivity contribution in [1.82, 2.24) is 15.3 Å². The van der Waals surface area contributed by atoms with Crippen LogP contribution in [0, 0.1) is 0 Å². The van der Waals surface area contributed by atoms with Gasteiger partial charge in [-0.15, -0.1) is 0 Å². The fourth-order valence-electron chi connectivity index (χ4n) is 2.04. The zero-order valence-electron chi connectivity index (χ0n) is 10.0. The van der Waals surface area contributed by atoms with Gasteiger partial charge in [0.1, 0.15) is 5.82 Å². The van der Waals surface area contributed by atoms with Gasteiger partial charge in [-0.2, -0.15) is 11.8 Å². The summed E-state index contributed by atoms with van der Waals surface area (Å²) in [6.45, 7) is 6.33. The molecule has 0 aliphatic carbocycles. The lowest BCUT2D eigenvalue weighted by Crippen LogP contribution is -2.27. The van der Waals surface area contributed by atoms with Gasteiger partial charge in [-0.1, -0.05) is 13.8 Å². The van der Waals surface area contributed by atoms with E-state index in [2.05, 4.69) is 29.1 Å². The quantitative estimate of drug-likeness (QED) is 0.868. The zero-order chi connectivity index (χ0) is 11.4. The summed E-state index contributed by atoms with van der Waals surface area (Å²) in [5, 5.41) is 3.38. The van der Waals surface area contributed by atoms with E-state index in [-0.39, 0.29) is 0 Å². The summed E-state index contributed by atoms with van der Waals surface area (Å²) in [7, 11) is 0. The predicted molar refractivity (Wildman–Crippen MR) is 68.7 cm³/mol. The Balaban J connectivity index is 2.28. The SMILES string of the molecule is CCSCc1nc(CC)c2c(n1)CNCC2. The molecule has 0 radical (unpaired) electrons. The summed E-state index contributed by atoms with van der Waals surface area (Å²) in [4.78, 5) is 9.35. The number of aromatic nitrogens is 2. The van der Waals surface area contributed by atoms with E-state index in [1.54, 1.807) is 0 Å². The number of fused-ring (bicyclic) bond motifs is 1. The van der Waals surface area contributed by atoms with Gasteiger partial charge >= 0.3 is 0 Å². The molecule has 1 N–H and O–H groups in total. The molecule has 1 aliphatic heterocycles. The van der Waals surface area contributed by atoms with Gasteiger partial charge < -0.3 is 5.32 Å². The third-order valence-corrected chi connectivity index (χ3v) is 3.71. The fraction of sp³-hybridized carbons (Fsp3) is 0.667. The average Bonchev–Trinajstić information content (AvgIpc) is 2.35. The van der Waals surface area contributed by atoms with Gasteiger partial charge in [0.15, 0.2) is 0 Å². The van der Waals surface area contributed by atoms with E-state index in [0.717, 1.165) is 43.3 Å². The molecule has 1 aromatic rings. The molecule has 0 atom stereocenters. The Kier molecular flexibility index (Phi) is 4.18. The van der Waals surface area contributed by atoms with Crippen molar-refractivity contribution < 1.29 is 0 Å². The van der Waals surface area contributed by atoms with Gasteiger partial charge in [-0.25, -0.2) is 9.97 Å². The molecule has 0 fully saturated rings. The molecule has 0 amide bonds. The molecular formula is C12H19N3S. The van der Waals surface area contributed by atoms with Crippen LogP contribution < -0.4 is 5.32 Å². The number of hydrogen-bond acceptors (Lipinski definition) is 4. The normalized spacial score (nSPS) is 14.9. The molecule has 2 heterocycles. The van der Waals surface area contributed by atoms with E-state index < -0.39 is 0 Å². The van der Waals surface area contributed by atoms with Crippen LogP contribution >= 0.6 is 11.8 Å². The molecular weight excluding hydrogens is 218 g/mol. The second-order valence-electron chi connectivity index (χ2n) is 3.93. The Hall–Kier alpha value is -0.610. The highest BCUT2D eigenvalue weighted by atomic mass is 32.2. The molecule has 88 valence electrons. The lowest BCUT2D eigenvalue weighted by Gasteiger charge is -2.19. The Morgan fingerprint density at radius 3 is 2.94 bits per heavy atom. The molecule has 2 rings (SSSR count). The minimum Gasteiger partial charge on any atom is -0.311 e. The summed E-state index contributed by atoms with van der Waals surface area (Å²) in [5.74, 6) is 3.07. The summed E-state index contributed by atoms with van der Waals surface area (Å²) < 4.78 is 0. The van der Waals surface area contributed by atoms with Crippen molar-refractivity contribution in [2.45, 2.75) is 39.0 Å². The van der Waals surface area contributed by atoms with Crippen LogP contribution in [0.25, 0.3) is 0 Å². The Morgan fingerprint density at radius 1 is 1.31 bits per heavy atom. The monoisotopic (exact) mass is 237 g/mol. The van der Waals surface area contributed by atoms with Crippen molar-refractivity contribution >= 4 is 11.8 Å².